The Hall–Kier alpha value is -3.38. The minimum atomic E-state index is -4.73. The maximum Gasteiger partial charge on any atom is 0.434 e. The molecule has 0 saturated carbocycles. The fourth-order valence-corrected chi connectivity index (χ4v) is 5.88. The summed E-state index contributed by atoms with van der Waals surface area (Å²) in [4.78, 5) is 17.9. The molecule has 13 heteroatoms. The van der Waals surface area contributed by atoms with E-state index in [-0.39, 0.29) is 43.0 Å². The highest BCUT2D eigenvalue weighted by Gasteiger charge is 2.65. The monoisotopic (exact) mass is 535 g/mol. The predicted molar refractivity (Wildman–Crippen MR) is 125 cm³/mol. The lowest BCUT2D eigenvalue weighted by Gasteiger charge is -2.45. The van der Waals surface area contributed by atoms with Crippen LogP contribution in [-0.4, -0.2) is 37.4 Å². The maximum atomic E-state index is 15.6. The maximum absolute atomic E-state index is 15.6. The summed E-state index contributed by atoms with van der Waals surface area (Å²) in [6.07, 6.45) is 2.36. The molecule has 2 N–H and O–H groups in total. The van der Waals surface area contributed by atoms with Crippen molar-refractivity contribution in [3.05, 3.63) is 71.2 Å². The lowest BCUT2D eigenvalue weighted by atomic mass is 9.71. The number of nitrogens with zero attached hydrogens (tertiary/aromatic N) is 6. The molecular weight excluding hydrogens is 517 g/mol. The Morgan fingerprint density at radius 1 is 1.00 bits per heavy atom. The number of pyridine rings is 2. The third-order valence-corrected chi connectivity index (χ3v) is 7.87. The van der Waals surface area contributed by atoms with Crippen molar-refractivity contribution in [3.63, 3.8) is 0 Å². The third-order valence-electron chi connectivity index (χ3n) is 7.48. The molecule has 2 aliphatic rings. The van der Waals surface area contributed by atoms with E-state index in [1.54, 1.807) is 22.7 Å². The Bertz CT molecular complexity index is 1510. The molecule has 1 unspecified atom stereocenters. The Morgan fingerprint density at radius 3 is 2.46 bits per heavy atom. The van der Waals surface area contributed by atoms with Gasteiger partial charge in [-0.3, -0.25) is 14.4 Å². The van der Waals surface area contributed by atoms with Gasteiger partial charge in [-0.2, -0.15) is 22.0 Å². The van der Waals surface area contributed by atoms with Crippen molar-refractivity contribution >= 4 is 22.9 Å². The van der Waals surface area contributed by atoms with Crippen LogP contribution in [0.15, 0.2) is 49.2 Å². The molecule has 5 heterocycles. The van der Waals surface area contributed by atoms with Gasteiger partial charge in [0.25, 0.3) is 5.92 Å². The number of halogens is 6. The number of anilines is 1. The normalized spacial score (nSPS) is 20.5. The number of nitrogens with two attached hydrogens (primary N) is 1. The molecule has 0 amide bonds. The molecule has 37 heavy (non-hydrogen) atoms. The highest BCUT2D eigenvalue weighted by molar-refractivity contribution is 6.33. The molecule has 4 aromatic rings. The number of hydrogen-bond acceptors (Lipinski definition) is 6. The quantitative estimate of drug-likeness (QED) is 0.353. The number of piperidine rings is 1. The number of imidazole rings is 1. The van der Waals surface area contributed by atoms with Crippen LogP contribution >= 0.6 is 11.6 Å². The van der Waals surface area contributed by atoms with Gasteiger partial charge in [-0.25, -0.2) is 9.97 Å². The minimum Gasteiger partial charge on any atom is -0.355 e. The second kappa shape index (κ2) is 8.06. The molecule has 192 valence electrons. The lowest BCUT2D eigenvalue weighted by molar-refractivity contribution is -0.141. The first-order valence-electron chi connectivity index (χ1n) is 11.4. The summed E-state index contributed by atoms with van der Waals surface area (Å²) in [5.74, 6) is -2.52. The van der Waals surface area contributed by atoms with E-state index in [0.717, 1.165) is 6.20 Å². The number of fused-ring (bicyclic) bond motifs is 2. The highest BCUT2D eigenvalue weighted by Crippen LogP contribution is 2.63. The van der Waals surface area contributed by atoms with Crippen molar-refractivity contribution in [1.29, 1.82) is 0 Å². The van der Waals surface area contributed by atoms with Crippen LogP contribution in [0.2, 0.25) is 5.02 Å². The summed E-state index contributed by atoms with van der Waals surface area (Å²) in [5, 5.41) is -0.564. The topological polar surface area (TPSA) is 85.2 Å². The van der Waals surface area contributed by atoms with Gasteiger partial charge in [0, 0.05) is 49.5 Å². The van der Waals surface area contributed by atoms with E-state index in [2.05, 4.69) is 19.9 Å². The first-order chi connectivity index (χ1) is 17.6. The van der Waals surface area contributed by atoms with E-state index in [0.29, 0.717) is 16.9 Å². The van der Waals surface area contributed by atoms with Crippen LogP contribution < -0.4 is 10.6 Å². The van der Waals surface area contributed by atoms with Crippen molar-refractivity contribution in [2.45, 2.75) is 31.0 Å². The molecule has 6 rings (SSSR count). The molecule has 0 aromatic carbocycles. The SMILES string of the molecule is NC1c2cccnc2C(F)(F)C12CCN(c1nccn3c(-c4ccnc(C(F)(F)F)c4Cl)ncc13)CC2. The van der Waals surface area contributed by atoms with Gasteiger partial charge >= 0.3 is 6.18 Å². The molecule has 0 bridgehead atoms. The van der Waals surface area contributed by atoms with Gasteiger partial charge in [-0.15, -0.1) is 0 Å². The van der Waals surface area contributed by atoms with Crippen LogP contribution in [0.1, 0.15) is 35.8 Å². The summed E-state index contributed by atoms with van der Waals surface area (Å²) >= 11 is 6.07. The zero-order chi connectivity index (χ0) is 26.2. The van der Waals surface area contributed by atoms with Crippen LogP contribution in [0.25, 0.3) is 16.9 Å². The zero-order valence-electron chi connectivity index (χ0n) is 19.1. The van der Waals surface area contributed by atoms with Crippen molar-refractivity contribution in [2.24, 2.45) is 11.1 Å². The van der Waals surface area contributed by atoms with E-state index in [9.17, 15) is 13.2 Å². The molecule has 1 spiro atoms. The van der Waals surface area contributed by atoms with E-state index in [4.69, 9.17) is 17.3 Å². The van der Waals surface area contributed by atoms with Crippen molar-refractivity contribution in [1.82, 2.24) is 24.3 Å². The Balaban J connectivity index is 1.33. The largest absolute Gasteiger partial charge is 0.434 e. The minimum absolute atomic E-state index is 0.0561. The van der Waals surface area contributed by atoms with Crippen molar-refractivity contribution in [2.75, 3.05) is 18.0 Å². The average molecular weight is 536 g/mol. The summed E-state index contributed by atoms with van der Waals surface area (Å²) in [5.41, 5.74) is 4.36. The summed E-state index contributed by atoms with van der Waals surface area (Å²) < 4.78 is 72.7. The Morgan fingerprint density at radius 2 is 1.76 bits per heavy atom. The van der Waals surface area contributed by atoms with Crippen LogP contribution in [0.4, 0.5) is 27.8 Å². The predicted octanol–water partition coefficient (Wildman–Crippen LogP) is 5.25. The molecule has 1 aliphatic heterocycles. The van der Waals surface area contributed by atoms with Gasteiger partial charge in [-0.1, -0.05) is 17.7 Å². The van der Waals surface area contributed by atoms with Gasteiger partial charge in [-0.05, 0) is 30.5 Å². The van der Waals surface area contributed by atoms with Crippen molar-refractivity contribution < 1.29 is 22.0 Å². The van der Waals surface area contributed by atoms with E-state index >= 15 is 8.78 Å². The molecule has 7 nitrogen and oxygen atoms in total. The zero-order valence-corrected chi connectivity index (χ0v) is 19.8. The van der Waals surface area contributed by atoms with E-state index < -0.39 is 34.3 Å². The third kappa shape index (κ3) is 3.35. The Labute approximate surface area is 212 Å². The van der Waals surface area contributed by atoms with Gasteiger partial charge in [0.15, 0.2) is 11.5 Å². The molecule has 0 radical (unpaired) electrons. The molecular formula is C24H19ClF5N7. The molecule has 1 aliphatic carbocycles. The molecule has 1 atom stereocenters. The smallest absolute Gasteiger partial charge is 0.355 e. The highest BCUT2D eigenvalue weighted by atomic mass is 35.5. The van der Waals surface area contributed by atoms with Gasteiger partial charge in [0.05, 0.1) is 16.6 Å². The molecule has 1 fully saturated rings. The first kappa shape index (κ1) is 24.0. The standard InChI is InChI=1S/C24H19ClF5N7/c25-16-13(3-7-33-19(16)24(28,29)30)20-35-12-15-21(34-8-11-37(15)20)36-9-4-22(5-10-36)17(31)14-2-1-6-32-18(14)23(22,26)27/h1-3,6-8,11-12,17H,4-5,9-10,31H2. The second-order valence-electron chi connectivity index (χ2n) is 9.24. The molecule has 4 aromatic heterocycles. The van der Waals surface area contributed by atoms with E-state index in [1.807, 2.05) is 4.90 Å². The van der Waals surface area contributed by atoms with Gasteiger partial charge < -0.3 is 10.6 Å². The number of alkyl halides is 5. The number of rotatable bonds is 2. The fraction of sp³-hybridized carbons (Fsp3) is 0.333. The lowest BCUT2D eigenvalue weighted by Crippen LogP contribution is -2.50. The van der Waals surface area contributed by atoms with Gasteiger partial charge in [0.2, 0.25) is 0 Å². The van der Waals surface area contributed by atoms with Crippen LogP contribution in [-0.2, 0) is 12.1 Å². The number of hydrogen-bond donors (Lipinski definition) is 1. The van der Waals surface area contributed by atoms with Gasteiger partial charge in [0.1, 0.15) is 17.0 Å². The number of aromatic nitrogens is 5. The van der Waals surface area contributed by atoms with Crippen LogP contribution in [0, 0.1) is 5.41 Å². The summed E-state index contributed by atoms with van der Waals surface area (Å²) in [6, 6.07) is 3.71. The summed E-state index contributed by atoms with van der Waals surface area (Å²) in [6.45, 7) is 0.497. The fourth-order valence-electron chi connectivity index (χ4n) is 5.57. The summed E-state index contributed by atoms with van der Waals surface area (Å²) in [7, 11) is 0. The van der Waals surface area contributed by atoms with Crippen LogP contribution in [0.3, 0.4) is 0 Å². The first-order valence-corrected chi connectivity index (χ1v) is 11.8. The second-order valence-corrected chi connectivity index (χ2v) is 9.62. The average Bonchev–Trinajstić information content (AvgIpc) is 3.37. The Kier molecular flexibility index (Phi) is 5.22. The van der Waals surface area contributed by atoms with E-state index in [1.165, 1.54) is 24.7 Å². The van der Waals surface area contributed by atoms with Crippen LogP contribution in [0.5, 0.6) is 0 Å². The van der Waals surface area contributed by atoms with Crippen molar-refractivity contribution in [3.8, 4) is 11.4 Å². The molecule has 1 saturated heterocycles.